The summed E-state index contributed by atoms with van der Waals surface area (Å²) >= 11 is 0. The monoisotopic (exact) mass is 374 g/mol. The molecular formula is C21H26O6. The Morgan fingerprint density at radius 2 is 1.96 bits per heavy atom. The SMILES string of the molecule is CC(=O)OC1CC=C2C(=O)c3occ(C)c3C(OC(=O)C(C)C)C2(C)C1C. The Morgan fingerprint density at radius 3 is 2.56 bits per heavy atom. The number of furan rings is 1. The molecule has 0 saturated heterocycles. The summed E-state index contributed by atoms with van der Waals surface area (Å²) in [6.07, 6.45) is 2.69. The van der Waals surface area contributed by atoms with E-state index < -0.39 is 17.6 Å². The zero-order valence-electron chi connectivity index (χ0n) is 16.6. The lowest BCUT2D eigenvalue weighted by Gasteiger charge is -2.49. The van der Waals surface area contributed by atoms with Crippen molar-refractivity contribution in [2.45, 2.75) is 60.2 Å². The molecule has 6 nitrogen and oxygen atoms in total. The van der Waals surface area contributed by atoms with Crippen molar-refractivity contribution in [3.05, 3.63) is 34.8 Å². The van der Waals surface area contributed by atoms with Gasteiger partial charge in [0.15, 0.2) is 5.76 Å². The van der Waals surface area contributed by atoms with Crippen molar-refractivity contribution >= 4 is 17.7 Å². The molecule has 0 bridgehead atoms. The molecule has 4 unspecified atom stereocenters. The lowest BCUT2D eigenvalue weighted by atomic mass is 9.57. The number of Topliss-reactive ketones (excluding diaryl/α,β-unsaturated/α-hetero) is 1. The van der Waals surface area contributed by atoms with E-state index in [0.717, 1.165) is 5.56 Å². The molecule has 2 aliphatic rings. The van der Waals surface area contributed by atoms with Gasteiger partial charge in [0.05, 0.1) is 12.2 Å². The van der Waals surface area contributed by atoms with Crippen molar-refractivity contribution in [3.63, 3.8) is 0 Å². The van der Waals surface area contributed by atoms with Gasteiger partial charge in [-0.1, -0.05) is 33.8 Å². The van der Waals surface area contributed by atoms with Crippen molar-refractivity contribution in [2.24, 2.45) is 17.3 Å². The first-order valence-electron chi connectivity index (χ1n) is 9.30. The van der Waals surface area contributed by atoms with Crippen LogP contribution in [0.2, 0.25) is 0 Å². The van der Waals surface area contributed by atoms with Gasteiger partial charge in [-0.25, -0.2) is 0 Å². The molecule has 4 atom stereocenters. The fourth-order valence-corrected chi connectivity index (χ4v) is 4.18. The second-order valence-corrected chi connectivity index (χ2v) is 8.04. The molecule has 1 aromatic heterocycles. The first-order valence-corrected chi connectivity index (χ1v) is 9.30. The molecule has 2 aliphatic carbocycles. The van der Waals surface area contributed by atoms with Crippen molar-refractivity contribution in [1.29, 1.82) is 0 Å². The summed E-state index contributed by atoms with van der Waals surface area (Å²) in [5.41, 5.74) is 1.12. The van der Waals surface area contributed by atoms with E-state index in [2.05, 4.69) is 0 Å². The summed E-state index contributed by atoms with van der Waals surface area (Å²) in [5.74, 6) is -1.20. The average molecular weight is 374 g/mol. The van der Waals surface area contributed by atoms with Gasteiger partial charge in [0.2, 0.25) is 5.78 Å². The molecule has 0 aliphatic heterocycles. The first-order chi connectivity index (χ1) is 12.6. The van der Waals surface area contributed by atoms with E-state index in [9.17, 15) is 14.4 Å². The molecular weight excluding hydrogens is 348 g/mol. The number of hydrogen-bond acceptors (Lipinski definition) is 6. The smallest absolute Gasteiger partial charge is 0.309 e. The van der Waals surface area contributed by atoms with Crippen LogP contribution >= 0.6 is 0 Å². The Labute approximate surface area is 158 Å². The Kier molecular flexibility index (Phi) is 4.78. The van der Waals surface area contributed by atoms with Crippen LogP contribution in [0.25, 0.3) is 0 Å². The average Bonchev–Trinajstić information content (AvgIpc) is 2.96. The highest BCUT2D eigenvalue weighted by Crippen LogP contribution is 2.58. The maximum Gasteiger partial charge on any atom is 0.309 e. The topological polar surface area (TPSA) is 82.8 Å². The van der Waals surface area contributed by atoms with E-state index in [-0.39, 0.29) is 35.3 Å². The second-order valence-electron chi connectivity index (χ2n) is 8.04. The molecule has 0 spiro atoms. The molecule has 146 valence electrons. The van der Waals surface area contributed by atoms with Crippen LogP contribution in [0, 0.1) is 24.2 Å². The molecule has 27 heavy (non-hydrogen) atoms. The quantitative estimate of drug-likeness (QED) is 0.746. The zero-order chi connectivity index (χ0) is 20.1. The number of fused-ring (bicyclic) bond motifs is 2. The third kappa shape index (κ3) is 2.91. The van der Waals surface area contributed by atoms with Crippen molar-refractivity contribution < 1.29 is 28.3 Å². The van der Waals surface area contributed by atoms with Crippen LogP contribution in [0.15, 0.2) is 22.3 Å². The normalized spacial score (nSPS) is 29.7. The van der Waals surface area contributed by atoms with E-state index in [1.165, 1.54) is 13.2 Å². The lowest BCUT2D eigenvalue weighted by Crippen LogP contribution is -2.50. The summed E-state index contributed by atoms with van der Waals surface area (Å²) < 4.78 is 16.9. The third-order valence-electron chi connectivity index (χ3n) is 5.94. The lowest BCUT2D eigenvalue weighted by molar-refractivity contribution is -0.169. The highest BCUT2D eigenvalue weighted by molar-refractivity contribution is 6.10. The molecule has 0 aromatic carbocycles. The molecule has 3 rings (SSSR count). The largest absolute Gasteiger partial charge is 0.462 e. The molecule has 0 fully saturated rings. The van der Waals surface area contributed by atoms with Gasteiger partial charge >= 0.3 is 11.9 Å². The minimum Gasteiger partial charge on any atom is -0.462 e. The van der Waals surface area contributed by atoms with Gasteiger partial charge in [0.25, 0.3) is 0 Å². The van der Waals surface area contributed by atoms with Gasteiger partial charge in [-0.15, -0.1) is 0 Å². The van der Waals surface area contributed by atoms with Gasteiger partial charge < -0.3 is 13.9 Å². The van der Waals surface area contributed by atoms with Gasteiger partial charge in [-0.3, -0.25) is 14.4 Å². The van der Waals surface area contributed by atoms with Gasteiger partial charge in [-0.2, -0.15) is 0 Å². The predicted molar refractivity (Wildman–Crippen MR) is 97.0 cm³/mol. The molecule has 0 saturated carbocycles. The van der Waals surface area contributed by atoms with Gasteiger partial charge in [0.1, 0.15) is 12.2 Å². The van der Waals surface area contributed by atoms with Crippen molar-refractivity contribution in [1.82, 2.24) is 0 Å². The highest BCUT2D eigenvalue weighted by Gasteiger charge is 2.58. The second kappa shape index (κ2) is 6.66. The number of aryl methyl sites for hydroxylation is 1. The van der Waals surface area contributed by atoms with Crippen LogP contribution in [0.1, 0.15) is 68.8 Å². The number of ketones is 1. The van der Waals surface area contributed by atoms with Crippen molar-refractivity contribution in [3.8, 4) is 0 Å². The fraction of sp³-hybridized carbons (Fsp3) is 0.571. The molecule has 6 heteroatoms. The van der Waals surface area contributed by atoms with Crippen LogP contribution in [0.3, 0.4) is 0 Å². The predicted octanol–water partition coefficient (Wildman–Crippen LogP) is 3.93. The number of ether oxygens (including phenoxy) is 2. The van der Waals surface area contributed by atoms with Crippen molar-refractivity contribution in [2.75, 3.05) is 0 Å². The first kappa shape index (κ1) is 19.4. The van der Waals surface area contributed by atoms with Crippen LogP contribution in [-0.2, 0) is 19.1 Å². The molecule has 0 radical (unpaired) electrons. The molecule has 0 amide bonds. The van der Waals surface area contributed by atoms with E-state index in [1.807, 2.05) is 20.8 Å². The molecule has 1 aromatic rings. The number of hydrogen-bond donors (Lipinski definition) is 0. The zero-order valence-corrected chi connectivity index (χ0v) is 16.6. The summed E-state index contributed by atoms with van der Waals surface area (Å²) in [7, 11) is 0. The summed E-state index contributed by atoms with van der Waals surface area (Å²) in [6, 6.07) is 0. The minimum atomic E-state index is -0.818. The van der Waals surface area contributed by atoms with E-state index in [0.29, 0.717) is 17.6 Å². The Bertz CT molecular complexity index is 830. The summed E-state index contributed by atoms with van der Waals surface area (Å²) in [4.78, 5) is 37.1. The van der Waals surface area contributed by atoms with Gasteiger partial charge in [-0.05, 0) is 12.5 Å². The maximum atomic E-state index is 13.1. The van der Waals surface area contributed by atoms with E-state index in [1.54, 1.807) is 19.9 Å². The maximum absolute atomic E-state index is 13.1. The highest BCUT2D eigenvalue weighted by atomic mass is 16.6. The number of esters is 2. The van der Waals surface area contributed by atoms with Crippen LogP contribution in [-0.4, -0.2) is 23.8 Å². The molecule has 1 heterocycles. The summed E-state index contributed by atoms with van der Waals surface area (Å²) in [6.45, 7) is 10.6. The fourth-order valence-electron chi connectivity index (χ4n) is 4.18. The van der Waals surface area contributed by atoms with Crippen LogP contribution < -0.4 is 0 Å². The van der Waals surface area contributed by atoms with Gasteiger partial charge in [0, 0.05) is 35.8 Å². The minimum absolute atomic E-state index is 0.189. The Morgan fingerprint density at radius 1 is 1.30 bits per heavy atom. The van der Waals surface area contributed by atoms with E-state index >= 15 is 0 Å². The number of carbonyl (C=O) groups excluding carboxylic acids is 3. The Hall–Kier alpha value is -2.37. The number of rotatable bonds is 3. The summed E-state index contributed by atoms with van der Waals surface area (Å²) in [5, 5.41) is 0. The standard InChI is InChI=1S/C21H26O6/c1-10(2)20(24)27-19-16-11(3)9-25-18(16)17(23)14-7-8-15(26-13(5)22)12(4)21(14,19)6/h7,9-10,12,15,19H,8H2,1-6H3. The van der Waals surface area contributed by atoms with E-state index in [4.69, 9.17) is 13.9 Å². The van der Waals surface area contributed by atoms with Crippen LogP contribution in [0.5, 0.6) is 0 Å². The van der Waals surface area contributed by atoms with Crippen LogP contribution in [0.4, 0.5) is 0 Å². The Balaban J connectivity index is 2.16. The number of carbonyl (C=O) groups is 3. The molecule has 0 N–H and O–H groups in total. The third-order valence-corrected chi connectivity index (χ3v) is 5.94.